The first-order valence-electron chi connectivity index (χ1n) is 6.71. The first kappa shape index (κ1) is 16.7. The van der Waals surface area contributed by atoms with Gasteiger partial charge in [-0.05, 0) is 42.3 Å². The Hall–Kier alpha value is -2.63. The second kappa shape index (κ2) is 6.64. The van der Waals surface area contributed by atoms with Gasteiger partial charge < -0.3 is 4.74 Å². The number of rotatable bonds is 4. The van der Waals surface area contributed by atoms with Crippen LogP contribution in [0.25, 0.3) is 6.08 Å². The molecule has 0 fully saturated rings. The van der Waals surface area contributed by atoms with E-state index < -0.39 is 11.9 Å². The van der Waals surface area contributed by atoms with Crippen molar-refractivity contribution in [3.8, 4) is 5.75 Å². The summed E-state index contributed by atoms with van der Waals surface area (Å²) in [6.45, 7) is 1.86. The number of carbonyl (C=O) groups is 1. The number of pyridine rings is 1. The summed E-state index contributed by atoms with van der Waals surface area (Å²) in [7, 11) is 1.51. The Kier molecular flexibility index (Phi) is 4.83. The lowest BCUT2D eigenvalue weighted by atomic mass is 10.1. The van der Waals surface area contributed by atoms with Crippen molar-refractivity contribution in [3.05, 3.63) is 65.0 Å². The van der Waals surface area contributed by atoms with Gasteiger partial charge in [0.25, 0.3) is 0 Å². The Balaban J connectivity index is 2.15. The molecule has 0 radical (unpaired) electrons. The molecule has 23 heavy (non-hydrogen) atoms. The summed E-state index contributed by atoms with van der Waals surface area (Å²) in [4.78, 5) is 15.4. The van der Waals surface area contributed by atoms with Gasteiger partial charge in [-0.1, -0.05) is 18.2 Å². The van der Waals surface area contributed by atoms with Crippen LogP contribution in [0.5, 0.6) is 5.75 Å². The Morgan fingerprint density at radius 3 is 2.52 bits per heavy atom. The minimum Gasteiger partial charge on any atom is -0.496 e. The molecular formula is C17H14F3NO2. The minimum atomic E-state index is -4.48. The number of aryl methyl sites for hydroxylation is 1. The van der Waals surface area contributed by atoms with Crippen LogP contribution in [0.15, 0.2) is 42.6 Å². The van der Waals surface area contributed by atoms with Crippen LogP contribution >= 0.6 is 0 Å². The molecule has 0 aliphatic carbocycles. The molecule has 0 aliphatic heterocycles. The van der Waals surface area contributed by atoms with Gasteiger partial charge in [-0.25, -0.2) is 0 Å². The Bertz CT molecular complexity index is 734. The van der Waals surface area contributed by atoms with Crippen LogP contribution in [0, 0.1) is 6.92 Å². The molecule has 0 saturated heterocycles. The highest BCUT2D eigenvalue weighted by atomic mass is 19.4. The van der Waals surface area contributed by atoms with Crippen molar-refractivity contribution in [2.45, 2.75) is 13.1 Å². The summed E-state index contributed by atoms with van der Waals surface area (Å²) >= 11 is 0. The summed E-state index contributed by atoms with van der Waals surface area (Å²) < 4.78 is 42.4. The number of benzene rings is 1. The number of hydrogen-bond donors (Lipinski definition) is 0. The quantitative estimate of drug-likeness (QED) is 0.622. The van der Waals surface area contributed by atoms with Crippen LogP contribution in [0.1, 0.15) is 27.2 Å². The number of hydrogen-bond acceptors (Lipinski definition) is 3. The van der Waals surface area contributed by atoms with Gasteiger partial charge in [-0.15, -0.1) is 0 Å². The van der Waals surface area contributed by atoms with Gasteiger partial charge in [0.2, 0.25) is 0 Å². The number of alkyl halides is 3. The molecule has 1 aromatic carbocycles. The van der Waals surface area contributed by atoms with Crippen molar-refractivity contribution < 1.29 is 22.7 Å². The topological polar surface area (TPSA) is 39.2 Å². The third-order valence-corrected chi connectivity index (χ3v) is 3.20. The third-order valence-electron chi connectivity index (χ3n) is 3.20. The van der Waals surface area contributed by atoms with Crippen LogP contribution < -0.4 is 4.74 Å². The number of allylic oxidation sites excluding steroid dienone is 1. The van der Waals surface area contributed by atoms with E-state index in [9.17, 15) is 18.0 Å². The van der Waals surface area contributed by atoms with Gasteiger partial charge in [0, 0.05) is 11.8 Å². The van der Waals surface area contributed by atoms with E-state index in [1.54, 1.807) is 18.2 Å². The minimum absolute atomic E-state index is 0.275. The van der Waals surface area contributed by atoms with Crippen molar-refractivity contribution in [1.29, 1.82) is 0 Å². The van der Waals surface area contributed by atoms with Gasteiger partial charge in [0.15, 0.2) is 5.78 Å². The standard InChI is InChI=1S/C17H14F3NO2/c1-11-3-6-13(9-15(11)23-2)14(22)7-4-12-5-8-16(21-10-12)17(18,19)20/h3-10H,1-2H3. The highest BCUT2D eigenvalue weighted by Crippen LogP contribution is 2.27. The highest BCUT2D eigenvalue weighted by Gasteiger charge is 2.31. The molecule has 0 bridgehead atoms. The monoisotopic (exact) mass is 321 g/mol. The number of nitrogens with zero attached hydrogens (tertiary/aromatic N) is 1. The van der Waals surface area contributed by atoms with E-state index in [1.807, 2.05) is 6.92 Å². The Morgan fingerprint density at radius 1 is 1.22 bits per heavy atom. The van der Waals surface area contributed by atoms with Crippen LogP contribution in [0.3, 0.4) is 0 Å². The first-order chi connectivity index (χ1) is 10.8. The zero-order valence-electron chi connectivity index (χ0n) is 12.5. The van der Waals surface area contributed by atoms with Gasteiger partial charge in [0.05, 0.1) is 7.11 Å². The molecule has 2 aromatic rings. The molecule has 0 aliphatic rings. The maximum atomic E-state index is 12.4. The van der Waals surface area contributed by atoms with Crippen molar-refractivity contribution >= 4 is 11.9 Å². The van der Waals surface area contributed by atoms with Crippen molar-refractivity contribution in [2.24, 2.45) is 0 Å². The van der Waals surface area contributed by atoms with Gasteiger partial charge in [0.1, 0.15) is 11.4 Å². The van der Waals surface area contributed by atoms with Crippen molar-refractivity contribution in [2.75, 3.05) is 7.11 Å². The predicted octanol–water partition coefficient (Wildman–Crippen LogP) is 4.31. The molecule has 0 saturated carbocycles. The average molecular weight is 321 g/mol. The van der Waals surface area contributed by atoms with Crippen molar-refractivity contribution in [1.82, 2.24) is 4.98 Å². The van der Waals surface area contributed by atoms with Crippen LogP contribution in [-0.4, -0.2) is 17.9 Å². The molecule has 6 heteroatoms. The maximum Gasteiger partial charge on any atom is 0.433 e. The van der Waals surface area contributed by atoms with E-state index >= 15 is 0 Å². The summed E-state index contributed by atoms with van der Waals surface area (Å²) in [5.41, 5.74) is 0.776. The fourth-order valence-corrected chi connectivity index (χ4v) is 1.91. The number of methoxy groups -OCH3 is 1. The fourth-order valence-electron chi connectivity index (χ4n) is 1.91. The van der Waals surface area contributed by atoms with Gasteiger partial charge in [-0.3, -0.25) is 9.78 Å². The smallest absolute Gasteiger partial charge is 0.433 e. The highest BCUT2D eigenvalue weighted by molar-refractivity contribution is 6.07. The summed E-state index contributed by atoms with van der Waals surface area (Å²) in [6, 6.07) is 7.18. The van der Waals surface area contributed by atoms with E-state index in [-0.39, 0.29) is 5.78 Å². The van der Waals surface area contributed by atoms with Crippen LogP contribution in [-0.2, 0) is 6.18 Å². The SMILES string of the molecule is COc1cc(C(=O)C=Cc2ccc(C(F)(F)F)nc2)ccc1C. The lowest BCUT2D eigenvalue weighted by Gasteiger charge is -2.06. The van der Waals surface area contributed by atoms with E-state index in [1.165, 1.54) is 25.3 Å². The summed E-state index contributed by atoms with van der Waals surface area (Å²) in [6.07, 6.45) is -0.699. The summed E-state index contributed by atoms with van der Waals surface area (Å²) in [5.74, 6) is 0.323. The lowest BCUT2D eigenvalue weighted by molar-refractivity contribution is -0.141. The molecule has 0 atom stereocenters. The molecule has 0 N–H and O–H groups in total. The molecular weight excluding hydrogens is 307 g/mol. The number of ketones is 1. The number of halogens is 3. The average Bonchev–Trinajstić information content (AvgIpc) is 2.52. The molecule has 0 spiro atoms. The molecule has 1 heterocycles. The molecule has 0 amide bonds. The number of aromatic nitrogens is 1. The van der Waals surface area contributed by atoms with E-state index in [4.69, 9.17) is 4.74 Å². The Morgan fingerprint density at radius 2 is 1.96 bits per heavy atom. The molecule has 3 nitrogen and oxygen atoms in total. The molecule has 2 rings (SSSR count). The van der Waals surface area contributed by atoms with Crippen molar-refractivity contribution in [3.63, 3.8) is 0 Å². The predicted molar refractivity (Wildman–Crippen MR) is 80.3 cm³/mol. The van der Waals surface area contributed by atoms with E-state index in [2.05, 4.69) is 4.98 Å². The van der Waals surface area contributed by atoms with E-state index in [0.29, 0.717) is 16.9 Å². The zero-order chi connectivity index (χ0) is 17.0. The molecule has 0 unspecified atom stereocenters. The summed E-state index contributed by atoms with van der Waals surface area (Å²) in [5, 5.41) is 0. The first-order valence-corrected chi connectivity index (χ1v) is 6.71. The van der Waals surface area contributed by atoms with Crippen LogP contribution in [0.2, 0.25) is 0 Å². The fraction of sp³-hybridized carbons (Fsp3) is 0.176. The second-order valence-electron chi connectivity index (χ2n) is 4.86. The van der Waals surface area contributed by atoms with E-state index in [0.717, 1.165) is 17.8 Å². The largest absolute Gasteiger partial charge is 0.496 e. The number of carbonyl (C=O) groups excluding carboxylic acids is 1. The van der Waals surface area contributed by atoms with Gasteiger partial charge >= 0.3 is 6.18 Å². The molecule has 1 aromatic heterocycles. The van der Waals surface area contributed by atoms with Crippen LogP contribution in [0.4, 0.5) is 13.2 Å². The third kappa shape index (κ3) is 4.18. The van der Waals surface area contributed by atoms with Gasteiger partial charge in [-0.2, -0.15) is 13.2 Å². The molecule has 120 valence electrons. The lowest BCUT2D eigenvalue weighted by Crippen LogP contribution is -2.07. The zero-order valence-corrected chi connectivity index (χ0v) is 12.5. The normalized spacial score (nSPS) is 11.7. The maximum absolute atomic E-state index is 12.4. The number of ether oxygens (including phenoxy) is 1. The second-order valence-corrected chi connectivity index (χ2v) is 4.86. The Labute approximate surface area is 131 Å².